The number of rotatable bonds is 7. The highest BCUT2D eigenvalue weighted by Gasteiger charge is 2.21. The zero-order valence-electron chi connectivity index (χ0n) is 10.4. The largest absolute Gasteiger partial charge is 0.481 e. The smallest absolute Gasteiger partial charge is 0.303 e. The number of nitrogens with one attached hydrogen (secondary N) is 1. The Labute approximate surface area is 98.6 Å². The van der Waals surface area contributed by atoms with Crippen molar-refractivity contribution in [2.24, 2.45) is 5.92 Å². The van der Waals surface area contributed by atoms with Crippen molar-refractivity contribution < 1.29 is 9.90 Å². The van der Waals surface area contributed by atoms with Crippen LogP contribution < -0.4 is 5.32 Å². The molecule has 1 saturated carbocycles. The summed E-state index contributed by atoms with van der Waals surface area (Å²) in [5, 5.41) is 12.1. The highest BCUT2D eigenvalue weighted by Crippen LogP contribution is 2.27. The molecule has 1 atom stereocenters. The zero-order valence-corrected chi connectivity index (χ0v) is 10.4. The molecule has 2 N–H and O–H groups in total. The molecule has 0 radical (unpaired) electrons. The molecule has 1 rings (SSSR count). The van der Waals surface area contributed by atoms with Crippen LogP contribution in [-0.2, 0) is 4.79 Å². The Morgan fingerprint density at radius 3 is 2.62 bits per heavy atom. The lowest BCUT2D eigenvalue weighted by Crippen LogP contribution is -2.37. The Morgan fingerprint density at radius 1 is 1.38 bits per heavy atom. The molecule has 1 unspecified atom stereocenters. The summed E-state index contributed by atoms with van der Waals surface area (Å²) >= 11 is 0. The van der Waals surface area contributed by atoms with E-state index in [9.17, 15) is 4.79 Å². The highest BCUT2D eigenvalue weighted by molar-refractivity contribution is 5.66. The number of hydrogen-bond acceptors (Lipinski definition) is 2. The lowest BCUT2D eigenvalue weighted by Gasteiger charge is -2.30. The topological polar surface area (TPSA) is 49.3 Å². The number of carboxylic acids is 1. The normalized spacial score (nSPS) is 19.6. The van der Waals surface area contributed by atoms with Gasteiger partial charge in [0.15, 0.2) is 0 Å². The second kappa shape index (κ2) is 7.66. The summed E-state index contributed by atoms with van der Waals surface area (Å²) in [5.41, 5.74) is 0. The van der Waals surface area contributed by atoms with Crippen molar-refractivity contribution >= 4 is 5.97 Å². The van der Waals surface area contributed by atoms with E-state index in [-0.39, 0.29) is 6.42 Å². The van der Waals surface area contributed by atoms with Crippen LogP contribution >= 0.6 is 0 Å². The fourth-order valence-electron chi connectivity index (χ4n) is 2.71. The molecule has 0 aromatic rings. The fraction of sp³-hybridized carbons (Fsp3) is 0.923. The van der Waals surface area contributed by atoms with Crippen molar-refractivity contribution in [2.75, 3.05) is 6.54 Å². The van der Waals surface area contributed by atoms with Crippen molar-refractivity contribution in [3.05, 3.63) is 0 Å². The van der Waals surface area contributed by atoms with E-state index in [1.807, 2.05) is 0 Å². The molecule has 1 aliphatic rings. The molecule has 1 fully saturated rings. The monoisotopic (exact) mass is 227 g/mol. The van der Waals surface area contributed by atoms with E-state index in [1.54, 1.807) is 0 Å². The quantitative estimate of drug-likeness (QED) is 0.657. The van der Waals surface area contributed by atoms with Gasteiger partial charge in [-0.15, -0.1) is 0 Å². The van der Waals surface area contributed by atoms with Crippen LogP contribution in [0.4, 0.5) is 0 Å². The molecule has 0 aromatic heterocycles. The number of carboxylic acid groups (broad SMARTS) is 1. The van der Waals surface area contributed by atoms with Crippen LogP contribution in [0.1, 0.15) is 58.3 Å². The van der Waals surface area contributed by atoms with Crippen molar-refractivity contribution in [1.82, 2.24) is 5.32 Å². The van der Waals surface area contributed by atoms with Crippen LogP contribution in [0.5, 0.6) is 0 Å². The third-order valence-electron chi connectivity index (χ3n) is 3.63. The predicted molar refractivity (Wildman–Crippen MR) is 65.5 cm³/mol. The SMILES string of the molecule is CCC(NCCCC(=O)O)C1CCCCC1. The first-order valence-electron chi connectivity index (χ1n) is 6.69. The van der Waals surface area contributed by atoms with Gasteiger partial charge in [0.2, 0.25) is 0 Å². The van der Waals surface area contributed by atoms with Gasteiger partial charge in [0, 0.05) is 12.5 Å². The average Bonchev–Trinajstić information content (AvgIpc) is 2.30. The summed E-state index contributed by atoms with van der Waals surface area (Å²) in [6.07, 6.45) is 9.04. The van der Waals surface area contributed by atoms with E-state index in [4.69, 9.17) is 5.11 Å². The Hall–Kier alpha value is -0.570. The van der Waals surface area contributed by atoms with Gasteiger partial charge in [-0.2, -0.15) is 0 Å². The van der Waals surface area contributed by atoms with Crippen LogP contribution in [0.3, 0.4) is 0 Å². The van der Waals surface area contributed by atoms with Gasteiger partial charge in [0.1, 0.15) is 0 Å². The Bertz CT molecular complexity index is 200. The molecule has 0 heterocycles. The van der Waals surface area contributed by atoms with Crippen molar-refractivity contribution in [3.63, 3.8) is 0 Å². The van der Waals surface area contributed by atoms with Crippen LogP contribution in [0.15, 0.2) is 0 Å². The van der Waals surface area contributed by atoms with Crippen molar-refractivity contribution in [3.8, 4) is 0 Å². The van der Waals surface area contributed by atoms with Gasteiger partial charge in [0.05, 0.1) is 0 Å². The molecule has 16 heavy (non-hydrogen) atoms. The van der Waals surface area contributed by atoms with Gasteiger partial charge in [-0.3, -0.25) is 4.79 Å². The minimum Gasteiger partial charge on any atom is -0.481 e. The molecule has 1 aliphatic carbocycles. The summed E-state index contributed by atoms with van der Waals surface area (Å²) in [5.74, 6) is 0.135. The molecule has 0 aliphatic heterocycles. The maximum atomic E-state index is 10.4. The zero-order chi connectivity index (χ0) is 11.8. The van der Waals surface area contributed by atoms with Gasteiger partial charge in [-0.25, -0.2) is 0 Å². The first kappa shape index (κ1) is 13.5. The minimum atomic E-state index is -0.687. The van der Waals surface area contributed by atoms with E-state index in [0.717, 1.165) is 25.3 Å². The summed E-state index contributed by atoms with van der Waals surface area (Å²) in [6, 6.07) is 0.606. The standard InChI is InChI=1S/C13H25NO2/c1-2-12(11-7-4-3-5-8-11)14-10-6-9-13(15)16/h11-12,14H,2-10H2,1H3,(H,15,16). The number of carbonyl (C=O) groups is 1. The summed E-state index contributed by atoms with van der Waals surface area (Å²) in [4.78, 5) is 10.4. The molecular formula is C13H25NO2. The Balaban J connectivity index is 2.17. The summed E-state index contributed by atoms with van der Waals surface area (Å²) in [6.45, 7) is 3.07. The first-order valence-corrected chi connectivity index (χ1v) is 6.69. The lowest BCUT2D eigenvalue weighted by atomic mass is 9.83. The Morgan fingerprint density at radius 2 is 2.06 bits per heavy atom. The maximum Gasteiger partial charge on any atom is 0.303 e. The molecule has 0 amide bonds. The average molecular weight is 227 g/mol. The van der Waals surface area contributed by atoms with E-state index < -0.39 is 5.97 Å². The molecule has 3 nitrogen and oxygen atoms in total. The second-order valence-corrected chi connectivity index (χ2v) is 4.86. The molecular weight excluding hydrogens is 202 g/mol. The summed E-state index contributed by atoms with van der Waals surface area (Å²) < 4.78 is 0. The van der Waals surface area contributed by atoms with E-state index in [0.29, 0.717) is 6.04 Å². The minimum absolute atomic E-state index is 0.286. The second-order valence-electron chi connectivity index (χ2n) is 4.86. The summed E-state index contributed by atoms with van der Waals surface area (Å²) in [7, 11) is 0. The molecule has 0 saturated heterocycles. The maximum absolute atomic E-state index is 10.4. The van der Waals surface area contributed by atoms with Gasteiger partial charge >= 0.3 is 5.97 Å². The van der Waals surface area contributed by atoms with Gasteiger partial charge in [-0.05, 0) is 38.1 Å². The van der Waals surface area contributed by atoms with E-state index in [1.165, 1.54) is 32.1 Å². The van der Waals surface area contributed by atoms with Crippen LogP contribution in [0.25, 0.3) is 0 Å². The fourth-order valence-corrected chi connectivity index (χ4v) is 2.71. The first-order chi connectivity index (χ1) is 7.74. The van der Waals surface area contributed by atoms with Crippen LogP contribution in [-0.4, -0.2) is 23.7 Å². The van der Waals surface area contributed by atoms with Crippen molar-refractivity contribution in [2.45, 2.75) is 64.3 Å². The van der Waals surface area contributed by atoms with Gasteiger partial charge in [0.25, 0.3) is 0 Å². The molecule has 3 heteroatoms. The van der Waals surface area contributed by atoms with Crippen molar-refractivity contribution in [1.29, 1.82) is 0 Å². The van der Waals surface area contributed by atoms with E-state index in [2.05, 4.69) is 12.2 Å². The lowest BCUT2D eigenvalue weighted by molar-refractivity contribution is -0.137. The molecule has 0 aromatic carbocycles. The van der Waals surface area contributed by atoms with Gasteiger partial charge in [-0.1, -0.05) is 26.2 Å². The number of aliphatic carboxylic acids is 1. The third kappa shape index (κ3) is 4.97. The number of hydrogen-bond donors (Lipinski definition) is 2. The van der Waals surface area contributed by atoms with E-state index >= 15 is 0 Å². The Kier molecular flexibility index (Phi) is 6.46. The predicted octanol–water partition coefficient (Wildman–Crippen LogP) is 2.80. The molecule has 0 bridgehead atoms. The molecule has 94 valence electrons. The molecule has 0 spiro atoms. The van der Waals surface area contributed by atoms with Crippen LogP contribution in [0, 0.1) is 5.92 Å². The highest BCUT2D eigenvalue weighted by atomic mass is 16.4. The van der Waals surface area contributed by atoms with Crippen LogP contribution in [0.2, 0.25) is 0 Å². The van der Waals surface area contributed by atoms with Gasteiger partial charge < -0.3 is 10.4 Å². The third-order valence-corrected chi connectivity index (χ3v) is 3.63.